The lowest BCUT2D eigenvalue weighted by Gasteiger charge is -2.11. The van der Waals surface area contributed by atoms with Gasteiger partial charge in [0.05, 0.1) is 30.9 Å². The van der Waals surface area contributed by atoms with Crippen molar-refractivity contribution in [3.8, 4) is 5.75 Å². The van der Waals surface area contributed by atoms with Crippen LogP contribution < -0.4 is 15.4 Å². The number of ether oxygens (including phenoxy) is 1. The summed E-state index contributed by atoms with van der Waals surface area (Å²) in [7, 11) is 3.37. The molecular weight excluding hydrogens is 442 g/mol. The van der Waals surface area contributed by atoms with E-state index >= 15 is 0 Å². The van der Waals surface area contributed by atoms with Crippen LogP contribution in [0.25, 0.3) is 11.0 Å². The molecule has 0 fully saturated rings. The molecule has 0 saturated heterocycles. The highest BCUT2D eigenvalue weighted by Crippen LogP contribution is 2.21. The third-order valence-corrected chi connectivity index (χ3v) is 6.22. The quantitative estimate of drug-likeness (QED) is 0.409. The van der Waals surface area contributed by atoms with E-state index in [0.717, 1.165) is 11.3 Å². The number of carbonyl (C=O) groups excluding carboxylic acids is 2. The summed E-state index contributed by atoms with van der Waals surface area (Å²) in [6.45, 7) is 2.29. The third-order valence-electron chi connectivity index (χ3n) is 5.04. The highest BCUT2D eigenvalue weighted by atomic mass is 32.1. The molecule has 1 unspecified atom stereocenters. The van der Waals surface area contributed by atoms with Gasteiger partial charge in [-0.2, -0.15) is 5.10 Å². The summed E-state index contributed by atoms with van der Waals surface area (Å²) in [5.41, 5.74) is 1.89. The fraction of sp³-hybridized carbons (Fsp3) is 0.273. The number of aromatic nitrogens is 5. The first kappa shape index (κ1) is 22.3. The van der Waals surface area contributed by atoms with Gasteiger partial charge in [-0.3, -0.25) is 14.3 Å². The topological polar surface area (TPSA) is 124 Å². The molecule has 2 amide bonds. The zero-order chi connectivity index (χ0) is 23.4. The van der Waals surface area contributed by atoms with E-state index in [0.29, 0.717) is 33.9 Å². The Labute approximate surface area is 194 Å². The third kappa shape index (κ3) is 4.98. The Morgan fingerprint density at radius 2 is 2.03 bits per heavy atom. The summed E-state index contributed by atoms with van der Waals surface area (Å²) in [5.74, 6) is 0.226. The maximum absolute atomic E-state index is 12.8. The molecule has 1 atom stereocenters. The van der Waals surface area contributed by atoms with Crippen molar-refractivity contribution in [2.75, 3.05) is 13.7 Å². The van der Waals surface area contributed by atoms with E-state index in [1.165, 1.54) is 23.9 Å². The molecule has 0 bridgehead atoms. The van der Waals surface area contributed by atoms with Crippen molar-refractivity contribution in [3.05, 3.63) is 64.1 Å². The van der Waals surface area contributed by atoms with E-state index in [1.54, 1.807) is 25.0 Å². The second-order valence-electron chi connectivity index (χ2n) is 7.34. The fourth-order valence-corrected chi connectivity index (χ4v) is 4.13. The Kier molecular flexibility index (Phi) is 6.59. The lowest BCUT2D eigenvalue weighted by Crippen LogP contribution is -2.27. The Morgan fingerprint density at radius 1 is 1.18 bits per heavy atom. The van der Waals surface area contributed by atoms with Crippen LogP contribution in [0.4, 0.5) is 0 Å². The van der Waals surface area contributed by atoms with Crippen LogP contribution in [0.2, 0.25) is 0 Å². The van der Waals surface area contributed by atoms with Gasteiger partial charge < -0.3 is 15.4 Å². The average Bonchev–Trinajstić information content (AvgIpc) is 3.47. The molecule has 11 heteroatoms. The number of thiazole rings is 1. The number of carbonyl (C=O) groups is 2. The fourth-order valence-electron chi connectivity index (χ4n) is 3.30. The van der Waals surface area contributed by atoms with Crippen LogP contribution in [0.3, 0.4) is 0 Å². The Morgan fingerprint density at radius 3 is 2.85 bits per heavy atom. The molecule has 0 saturated carbocycles. The molecule has 0 aliphatic carbocycles. The molecule has 4 rings (SSSR count). The van der Waals surface area contributed by atoms with Gasteiger partial charge in [-0.05, 0) is 31.0 Å². The van der Waals surface area contributed by atoms with Crippen molar-refractivity contribution in [2.24, 2.45) is 7.05 Å². The van der Waals surface area contributed by atoms with E-state index in [1.807, 2.05) is 31.2 Å². The van der Waals surface area contributed by atoms with Crippen molar-refractivity contribution in [2.45, 2.75) is 19.4 Å². The smallest absolute Gasteiger partial charge is 0.271 e. The predicted octanol–water partition coefficient (Wildman–Crippen LogP) is 2.29. The number of fused-ring (bicyclic) bond motifs is 1. The zero-order valence-corrected chi connectivity index (χ0v) is 19.2. The molecule has 33 heavy (non-hydrogen) atoms. The monoisotopic (exact) mass is 465 g/mol. The van der Waals surface area contributed by atoms with Crippen LogP contribution in [0.1, 0.15) is 43.7 Å². The number of aryl methyl sites for hydroxylation is 1. The van der Waals surface area contributed by atoms with Gasteiger partial charge >= 0.3 is 0 Å². The van der Waals surface area contributed by atoms with E-state index in [9.17, 15) is 9.59 Å². The molecule has 2 N–H and O–H groups in total. The van der Waals surface area contributed by atoms with E-state index < -0.39 is 6.04 Å². The number of hydrogen-bond acceptors (Lipinski definition) is 8. The molecule has 1 aromatic carbocycles. The van der Waals surface area contributed by atoms with Crippen molar-refractivity contribution in [3.63, 3.8) is 0 Å². The van der Waals surface area contributed by atoms with Gasteiger partial charge in [0.25, 0.3) is 11.8 Å². The Hall–Kier alpha value is -3.86. The average molecular weight is 466 g/mol. The molecular formula is C22H23N7O3S. The summed E-state index contributed by atoms with van der Waals surface area (Å²) < 4.78 is 6.80. The number of hydrogen-bond donors (Lipinski definition) is 2. The van der Waals surface area contributed by atoms with Crippen molar-refractivity contribution >= 4 is 34.2 Å². The first-order valence-electron chi connectivity index (χ1n) is 10.3. The standard InChI is InChI=1S/C22H23N7O3S/c1-13(28-21(31)18-16-10-27-29(2)19(16)26-12-25-18)22-24-11-17(33-22)20(30)23-8-7-14-5-4-6-15(9-14)32-3/h4-6,9-13H,7-8H2,1-3H3,(H,23,30)(H,28,31). The first-order valence-corrected chi connectivity index (χ1v) is 11.1. The number of benzene rings is 1. The minimum Gasteiger partial charge on any atom is -0.497 e. The largest absolute Gasteiger partial charge is 0.497 e. The molecule has 4 aromatic rings. The SMILES string of the molecule is COc1cccc(CCNC(=O)c2cnc(C(C)NC(=O)c3ncnc4c3cnn4C)s2)c1. The van der Waals surface area contributed by atoms with Gasteiger partial charge in [0.15, 0.2) is 5.65 Å². The first-order chi connectivity index (χ1) is 16.0. The summed E-state index contributed by atoms with van der Waals surface area (Å²) in [6, 6.07) is 7.33. The van der Waals surface area contributed by atoms with Crippen LogP contribution in [-0.4, -0.2) is 50.2 Å². The maximum atomic E-state index is 12.8. The minimum atomic E-state index is -0.400. The summed E-state index contributed by atoms with van der Waals surface area (Å²) >= 11 is 1.24. The molecule has 10 nitrogen and oxygen atoms in total. The highest BCUT2D eigenvalue weighted by molar-refractivity contribution is 7.13. The lowest BCUT2D eigenvalue weighted by molar-refractivity contribution is 0.0933. The second-order valence-corrected chi connectivity index (χ2v) is 8.41. The summed E-state index contributed by atoms with van der Waals surface area (Å²) in [5, 5.41) is 11.1. The molecule has 0 aliphatic rings. The van der Waals surface area contributed by atoms with Crippen molar-refractivity contribution in [1.82, 2.24) is 35.4 Å². The predicted molar refractivity (Wildman–Crippen MR) is 123 cm³/mol. The van der Waals surface area contributed by atoms with Crippen LogP contribution in [0.15, 0.2) is 43.0 Å². The van der Waals surface area contributed by atoms with E-state index in [2.05, 4.69) is 30.7 Å². The molecule has 0 radical (unpaired) electrons. The summed E-state index contributed by atoms with van der Waals surface area (Å²) in [4.78, 5) is 38.3. The zero-order valence-electron chi connectivity index (χ0n) is 18.4. The number of methoxy groups -OCH3 is 1. The molecule has 170 valence electrons. The van der Waals surface area contributed by atoms with Gasteiger partial charge in [0.1, 0.15) is 27.7 Å². The number of rotatable bonds is 8. The normalized spacial score (nSPS) is 11.8. The maximum Gasteiger partial charge on any atom is 0.271 e. The number of nitrogens with one attached hydrogen (secondary N) is 2. The van der Waals surface area contributed by atoms with Gasteiger partial charge in [0.2, 0.25) is 0 Å². The highest BCUT2D eigenvalue weighted by Gasteiger charge is 2.20. The Balaban J connectivity index is 1.35. The van der Waals surface area contributed by atoms with Gasteiger partial charge in [-0.1, -0.05) is 12.1 Å². The van der Waals surface area contributed by atoms with Crippen LogP contribution in [0.5, 0.6) is 5.75 Å². The van der Waals surface area contributed by atoms with Crippen molar-refractivity contribution < 1.29 is 14.3 Å². The van der Waals surface area contributed by atoms with Gasteiger partial charge in [-0.15, -0.1) is 11.3 Å². The van der Waals surface area contributed by atoms with Crippen LogP contribution in [-0.2, 0) is 13.5 Å². The lowest BCUT2D eigenvalue weighted by atomic mass is 10.1. The number of amides is 2. The minimum absolute atomic E-state index is 0.201. The molecule has 0 aliphatic heterocycles. The van der Waals surface area contributed by atoms with Gasteiger partial charge in [0, 0.05) is 13.6 Å². The molecule has 0 spiro atoms. The second kappa shape index (κ2) is 9.74. The van der Waals surface area contributed by atoms with Crippen LogP contribution in [0, 0.1) is 0 Å². The van der Waals surface area contributed by atoms with Crippen LogP contribution >= 0.6 is 11.3 Å². The Bertz CT molecular complexity index is 1300. The summed E-state index contributed by atoms with van der Waals surface area (Å²) in [6.07, 6.45) is 5.10. The van der Waals surface area contributed by atoms with E-state index in [4.69, 9.17) is 4.74 Å². The number of nitrogens with zero attached hydrogens (tertiary/aromatic N) is 5. The van der Waals surface area contributed by atoms with E-state index in [-0.39, 0.29) is 17.5 Å². The van der Waals surface area contributed by atoms with Crippen molar-refractivity contribution in [1.29, 1.82) is 0 Å². The van der Waals surface area contributed by atoms with Gasteiger partial charge in [-0.25, -0.2) is 15.0 Å². The molecule has 3 heterocycles. The molecule has 3 aromatic heterocycles.